The summed E-state index contributed by atoms with van der Waals surface area (Å²) in [7, 11) is 0. The van der Waals surface area contributed by atoms with Crippen molar-refractivity contribution in [3.05, 3.63) is 34.4 Å². The molecule has 0 aliphatic carbocycles. The van der Waals surface area contributed by atoms with Gasteiger partial charge >= 0.3 is 0 Å². The highest BCUT2D eigenvalue weighted by Crippen LogP contribution is 2.19. The van der Waals surface area contributed by atoms with Crippen LogP contribution in [0.3, 0.4) is 0 Å². The maximum atomic E-state index is 12.1. The second kappa shape index (κ2) is 5.79. The monoisotopic (exact) mass is 263 g/mol. The Labute approximate surface area is 111 Å². The molecular formula is C13H17N3O3. The van der Waals surface area contributed by atoms with Gasteiger partial charge < -0.3 is 10.6 Å². The Morgan fingerprint density at radius 2 is 2.11 bits per heavy atom. The molecule has 1 aromatic carbocycles. The summed E-state index contributed by atoms with van der Waals surface area (Å²) in [5.41, 5.74) is 0.595. The van der Waals surface area contributed by atoms with Gasteiger partial charge in [-0.15, -0.1) is 0 Å². The van der Waals surface area contributed by atoms with Crippen LogP contribution >= 0.6 is 0 Å². The molecular weight excluding hydrogens is 246 g/mol. The lowest BCUT2D eigenvalue weighted by Crippen LogP contribution is -2.48. The number of hydrogen-bond donors (Lipinski definition) is 2. The molecule has 0 bridgehead atoms. The van der Waals surface area contributed by atoms with Crippen molar-refractivity contribution in [1.29, 1.82) is 0 Å². The van der Waals surface area contributed by atoms with Crippen molar-refractivity contribution in [2.24, 2.45) is 5.92 Å². The van der Waals surface area contributed by atoms with Gasteiger partial charge in [0.25, 0.3) is 5.69 Å². The first-order valence-corrected chi connectivity index (χ1v) is 6.36. The van der Waals surface area contributed by atoms with E-state index in [0.29, 0.717) is 11.6 Å². The average molecular weight is 263 g/mol. The smallest absolute Gasteiger partial charge is 0.269 e. The third kappa shape index (κ3) is 3.29. The van der Waals surface area contributed by atoms with Crippen molar-refractivity contribution in [3.8, 4) is 0 Å². The summed E-state index contributed by atoms with van der Waals surface area (Å²) in [5.74, 6) is 0.216. The number of hydrogen-bond acceptors (Lipinski definition) is 4. The fourth-order valence-corrected chi connectivity index (χ4v) is 2.29. The SMILES string of the molecule is CC1CCCNC1C(=O)Nc1ccc([N+](=O)[O-])cc1. The van der Waals surface area contributed by atoms with E-state index in [1.54, 1.807) is 12.1 Å². The summed E-state index contributed by atoms with van der Waals surface area (Å²) in [6.45, 7) is 2.90. The number of amides is 1. The number of nitro groups is 1. The van der Waals surface area contributed by atoms with E-state index in [2.05, 4.69) is 10.6 Å². The van der Waals surface area contributed by atoms with Gasteiger partial charge in [0.15, 0.2) is 0 Å². The molecule has 1 amide bonds. The van der Waals surface area contributed by atoms with E-state index in [0.717, 1.165) is 19.4 Å². The standard InChI is InChI=1S/C13H17N3O3/c1-9-3-2-8-14-12(9)13(17)15-10-4-6-11(7-5-10)16(18)19/h4-7,9,12,14H,2-3,8H2,1H3,(H,15,17). The summed E-state index contributed by atoms with van der Waals surface area (Å²) in [4.78, 5) is 22.2. The molecule has 0 radical (unpaired) electrons. The zero-order valence-electron chi connectivity index (χ0n) is 10.8. The van der Waals surface area contributed by atoms with Crippen LogP contribution in [0.1, 0.15) is 19.8 Å². The predicted molar refractivity (Wildman–Crippen MR) is 71.9 cm³/mol. The van der Waals surface area contributed by atoms with E-state index >= 15 is 0 Å². The largest absolute Gasteiger partial charge is 0.325 e. The molecule has 1 aliphatic heterocycles. The minimum absolute atomic E-state index is 0.0159. The number of nitro benzene ring substituents is 1. The van der Waals surface area contributed by atoms with Crippen molar-refractivity contribution in [2.75, 3.05) is 11.9 Å². The van der Waals surface area contributed by atoms with Crippen molar-refractivity contribution in [1.82, 2.24) is 5.32 Å². The molecule has 2 N–H and O–H groups in total. The molecule has 2 unspecified atom stereocenters. The summed E-state index contributed by atoms with van der Waals surface area (Å²) < 4.78 is 0. The van der Waals surface area contributed by atoms with Gasteiger partial charge in [-0.1, -0.05) is 6.92 Å². The Kier molecular flexibility index (Phi) is 4.11. The average Bonchev–Trinajstić information content (AvgIpc) is 2.39. The molecule has 6 nitrogen and oxygen atoms in total. The van der Waals surface area contributed by atoms with Crippen LogP contribution < -0.4 is 10.6 Å². The van der Waals surface area contributed by atoms with Crippen molar-refractivity contribution in [3.63, 3.8) is 0 Å². The molecule has 19 heavy (non-hydrogen) atoms. The first-order valence-electron chi connectivity index (χ1n) is 6.36. The highest BCUT2D eigenvalue weighted by molar-refractivity contribution is 5.95. The molecule has 0 saturated carbocycles. The maximum Gasteiger partial charge on any atom is 0.269 e. The van der Waals surface area contributed by atoms with Crippen molar-refractivity contribution < 1.29 is 9.72 Å². The number of nitrogens with zero attached hydrogens (tertiary/aromatic N) is 1. The van der Waals surface area contributed by atoms with Crippen LogP contribution in [-0.4, -0.2) is 23.4 Å². The van der Waals surface area contributed by atoms with Gasteiger partial charge in [0.2, 0.25) is 5.91 Å². The summed E-state index contributed by atoms with van der Waals surface area (Å²) in [6, 6.07) is 5.66. The fourth-order valence-electron chi connectivity index (χ4n) is 2.29. The van der Waals surface area contributed by atoms with Crippen LogP contribution in [0.4, 0.5) is 11.4 Å². The quantitative estimate of drug-likeness (QED) is 0.644. The molecule has 1 aliphatic rings. The van der Waals surface area contributed by atoms with Gasteiger partial charge in [-0.05, 0) is 37.4 Å². The number of carbonyl (C=O) groups is 1. The Hall–Kier alpha value is -1.95. The highest BCUT2D eigenvalue weighted by atomic mass is 16.6. The molecule has 2 rings (SSSR count). The van der Waals surface area contributed by atoms with Gasteiger partial charge in [0.05, 0.1) is 11.0 Å². The minimum atomic E-state index is -0.462. The number of benzene rings is 1. The molecule has 1 fully saturated rings. The lowest BCUT2D eigenvalue weighted by molar-refractivity contribution is -0.384. The molecule has 6 heteroatoms. The van der Waals surface area contributed by atoms with Gasteiger partial charge in [0, 0.05) is 17.8 Å². The normalized spacial score (nSPS) is 22.8. The van der Waals surface area contributed by atoms with E-state index in [1.165, 1.54) is 12.1 Å². The number of piperidine rings is 1. The number of anilines is 1. The number of nitrogens with one attached hydrogen (secondary N) is 2. The molecule has 102 valence electrons. The number of non-ortho nitro benzene ring substituents is 1. The summed E-state index contributed by atoms with van der Waals surface area (Å²) >= 11 is 0. The first-order chi connectivity index (χ1) is 9.08. The van der Waals surface area contributed by atoms with E-state index in [1.807, 2.05) is 6.92 Å². The molecule has 0 spiro atoms. The zero-order valence-corrected chi connectivity index (χ0v) is 10.8. The van der Waals surface area contributed by atoms with Crippen molar-refractivity contribution >= 4 is 17.3 Å². The van der Waals surface area contributed by atoms with Crippen LogP contribution in [0.2, 0.25) is 0 Å². The van der Waals surface area contributed by atoms with Crippen LogP contribution in [0.5, 0.6) is 0 Å². The Morgan fingerprint density at radius 3 is 2.68 bits per heavy atom. The maximum absolute atomic E-state index is 12.1. The molecule has 1 heterocycles. The van der Waals surface area contributed by atoms with E-state index < -0.39 is 4.92 Å². The summed E-state index contributed by atoms with van der Waals surface area (Å²) in [5, 5.41) is 16.5. The fraction of sp³-hybridized carbons (Fsp3) is 0.462. The van der Waals surface area contributed by atoms with Gasteiger partial charge in [-0.2, -0.15) is 0 Å². The van der Waals surface area contributed by atoms with Crippen LogP contribution in [0.25, 0.3) is 0 Å². The molecule has 1 saturated heterocycles. The lowest BCUT2D eigenvalue weighted by Gasteiger charge is -2.28. The van der Waals surface area contributed by atoms with Crippen LogP contribution in [0.15, 0.2) is 24.3 Å². The second-order valence-electron chi connectivity index (χ2n) is 4.84. The lowest BCUT2D eigenvalue weighted by atomic mass is 9.92. The third-order valence-corrected chi connectivity index (χ3v) is 3.40. The topological polar surface area (TPSA) is 84.3 Å². The van der Waals surface area contributed by atoms with E-state index in [4.69, 9.17) is 0 Å². The molecule has 0 aromatic heterocycles. The second-order valence-corrected chi connectivity index (χ2v) is 4.84. The molecule has 1 aromatic rings. The Balaban J connectivity index is 2.00. The Bertz CT molecular complexity index is 473. The van der Waals surface area contributed by atoms with Crippen LogP contribution in [-0.2, 0) is 4.79 Å². The van der Waals surface area contributed by atoms with E-state index in [-0.39, 0.29) is 17.6 Å². The zero-order chi connectivity index (χ0) is 13.8. The van der Waals surface area contributed by atoms with Crippen LogP contribution in [0, 0.1) is 16.0 Å². The van der Waals surface area contributed by atoms with Crippen molar-refractivity contribution in [2.45, 2.75) is 25.8 Å². The Morgan fingerprint density at radius 1 is 1.42 bits per heavy atom. The van der Waals surface area contributed by atoms with Gasteiger partial charge in [0.1, 0.15) is 0 Å². The highest BCUT2D eigenvalue weighted by Gasteiger charge is 2.27. The number of rotatable bonds is 3. The van der Waals surface area contributed by atoms with E-state index in [9.17, 15) is 14.9 Å². The molecule has 2 atom stereocenters. The summed E-state index contributed by atoms with van der Waals surface area (Å²) in [6.07, 6.45) is 2.12. The van der Waals surface area contributed by atoms with Gasteiger partial charge in [-0.3, -0.25) is 14.9 Å². The number of carbonyl (C=O) groups excluding carboxylic acids is 1. The minimum Gasteiger partial charge on any atom is -0.325 e. The predicted octanol–water partition coefficient (Wildman–Crippen LogP) is 1.92. The third-order valence-electron chi connectivity index (χ3n) is 3.40. The first kappa shape index (κ1) is 13.5. The van der Waals surface area contributed by atoms with Gasteiger partial charge in [-0.25, -0.2) is 0 Å².